The molecule has 0 aliphatic carbocycles. The van der Waals surface area contributed by atoms with E-state index >= 15 is 0 Å². The van der Waals surface area contributed by atoms with Crippen LogP contribution in [-0.4, -0.2) is 39.5 Å². The van der Waals surface area contributed by atoms with Gasteiger partial charge in [0.05, 0.1) is 19.8 Å². The summed E-state index contributed by atoms with van der Waals surface area (Å²) in [6.45, 7) is 0. The van der Waals surface area contributed by atoms with Crippen LogP contribution in [0.2, 0.25) is 0 Å². The number of carboxylic acids is 1. The first-order valence-corrected chi connectivity index (χ1v) is 6.17. The molecule has 2 rings (SSSR count). The van der Waals surface area contributed by atoms with Crippen molar-refractivity contribution in [3.8, 4) is 11.5 Å². The van der Waals surface area contributed by atoms with Crippen LogP contribution in [0.3, 0.4) is 0 Å². The van der Waals surface area contributed by atoms with Gasteiger partial charge in [0.1, 0.15) is 0 Å². The maximum Gasteiger partial charge on any atom is 0.336 e. The second-order valence-electron chi connectivity index (χ2n) is 4.25. The van der Waals surface area contributed by atoms with Crippen molar-refractivity contribution in [3.05, 3.63) is 59.2 Å². The number of ketones is 1. The lowest BCUT2D eigenvalue weighted by molar-refractivity contribution is 0.0692. The molecular formula is C16H14BO5. The Morgan fingerprint density at radius 2 is 1.41 bits per heavy atom. The number of methoxy groups -OCH3 is 2. The molecule has 0 aliphatic heterocycles. The van der Waals surface area contributed by atoms with Crippen molar-refractivity contribution in [1.29, 1.82) is 0 Å². The fraction of sp³-hybridized carbons (Fsp3) is 0.125. The maximum absolute atomic E-state index is 12.5. The smallest absolute Gasteiger partial charge is 0.336 e. The standard InChI is InChI=1S/C16H14O5.B/c1-20-13-8-11(12(16(18)19)9-14(13)21-2)15(17)10-6-4-3-5-7-10;/h3-9H,1-2H3,(H,18,19);. The van der Waals surface area contributed by atoms with Gasteiger partial charge in [-0.25, -0.2) is 4.79 Å². The number of hydrogen-bond acceptors (Lipinski definition) is 4. The van der Waals surface area contributed by atoms with Crippen LogP contribution in [0.4, 0.5) is 0 Å². The highest BCUT2D eigenvalue weighted by molar-refractivity contribution is 6.14. The summed E-state index contributed by atoms with van der Waals surface area (Å²) < 4.78 is 10.2. The molecule has 0 saturated carbocycles. The van der Waals surface area contributed by atoms with Gasteiger partial charge in [-0.1, -0.05) is 30.3 Å². The number of rotatable bonds is 5. The van der Waals surface area contributed by atoms with Crippen LogP contribution in [0, 0.1) is 0 Å². The molecule has 0 saturated heterocycles. The van der Waals surface area contributed by atoms with Gasteiger partial charge < -0.3 is 14.6 Å². The lowest BCUT2D eigenvalue weighted by Gasteiger charge is -2.12. The molecule has 0 aromatic heterocycles. The highest BCUT2D eigenvalue weighted by atomic mass is 16.5. The molecule has 0 amide bonds. The monoisotopic (exact) mass is 297 g/mol. The van der Waals surface area contributed by atoms with Crippen molar-refractivity contribution >= 4 is 20.2 Å². The summed E-state index contributed by atoms with van der Waals surface area (Å²) in [5, 5.41) is 9.30. The predicted molar refractivity (Wildman–Crippen MR) is 82.1 cm³/mol. The SMILES string of the molecule is COc1cc(C(=O)O)c(C(=O)c2ccccc2)cc1OC.[B]. The van der Waals surface area contributed by atoms with Crippen LogP contribution < -0.4 is 9.47 Å². The number of aromatic carboxylic acids is 1. The number of hydrogen-bond donors (Lipinski definition) is 1. The zero-order valence-electron chi connectivity index (χ0n) is 12.2. The molecule has 0 aliphatic rings. The normalized spacial score (nSPS) is 9.55. The lowest BCUT2D eigenvalue weighted by atomic mass is 9.97. The van der Waals surface area contributed by atoms with Crippen molar-refractivity contribution in [3.63, 3.8) is 0 Å². The number of carbonyl (C=O) groups excluding carboxylic acids is 1. The fourth-order valence-electron chi connectivity index (χ4n) is 1.99. The average molecular weight is 297 g/mol. The largest absolute Gasteiger partial charge is 0.493 e. The maximum atomic E-state index is 12.5. The highest BCUT2D eigenvalue weighted by Crippen LogP contribution is 2.31. The first-order valence-electron chi connectivity index (χ1n) is 6.17. The lowest BCUT2D eigenvalue weighted by Crippen LogP contribution is -2.11. The van der Waals surface area contributed by atoms with Gasteiger partial charge in [-0.2, -0.15) is 0 Å². The van der Waals surface area contributed by atoms with Gasteiger partial charge >= 0.3 is 5.97 Å². The number of ether oxygens (including phenoxy) is 2. The second kappa shape index (κ2) is 7.31. The zero-order valence-corrected chi connectivity index (χ0v) is 12.2. The summed E-state index contributed by atoms with van der Waals surface area (Å²) in [5.74, 6) is -1.01. The van der Waals surface area contributed by atoms with Crippen LogP contribution in [0.25, 0.3) is 0 Å². The van der Waals surface area contributed by atoms with E-state index in [1.165, 1.54) is 26.4 Å². The molecule has 0 unspecified atom stereocenters. The molecule has 0 bridgehead atoms. The molecule has 0 fully saturated rings. The van der Waals surface area contributed by atoms with Gasteiger partial charge in [-0.05, 0) is 12.1 Å². The minimum Gasteiger partial charge on any atom is -0.493 e. The van der Waals surface area contributed by atoms with Crippen molar-refractivity contribution in [2.24, 2.45) is 0 Å². The first-order chi connectivity index (χ1) is 10.1. The Bertz CT molecular complexity index is 682. The van der Waals surface area contributed by atoms with E-state index in [1.54, 1.807) is 30.3 Å². The van der Waals surface area contributed by atoms with Gasteiger partial charge in [0, 0.05) is 19.5 Å². The first kappa shape index (κ1) is 17.3. The van der Waals surface area contributed by atoms with Crippen LogP contribution in [0.1, 0.15) is 26.3 Å². The third-order valence-electron chi connectivity index (χ3n) is 3.03. The Kier molecular flexibility index (Phi) is 5.75. The molecule has 22 heavy (non-hydrogen) atoms. The summed E-state index contributed by atoms with van der Waals surface area (Å²) in [6, 6.07) is 11.1. The van der Waals surface area contributed by atoms with Gasteiger partial charge in [0.25, 0.3) is 0 Å². The van der Waals surface area contributed by atoms with E-state index in [0.717, 1.165) is 0 Å². The van der Waals surface area contributed by atoms with Crippen molar-refractivity contribution in [2.45, 2.75) is 0 Å². The number of carboxylic acid groups (broad SMARTS) is 1. The molecule has 0 spiro atoms. The molecule has 0 heterocycles. The van der Waals surface area contributed by atoms with E-state index in [9.17, 15) is 14.7 Å². The topological polar surface area (TPSA) is 72.8 Å². The van der Waals surface area contributed by atoms with Gasteiger partial charge in [0.15, 0.2) is 17.3 Å². The van der Waals surface area contributed by atoms with Crippen molar-refractivity contribution in [2.75, 3.05) is 14.2 Å². The van der Waals surface area contributed by atoms with Gasteiger partial charge in [0.2, 0.25) is 0 Å². The van der Waals surface area contributed by atoms with Crippen molar-refractivity contribution < 1.29 is 24.2 Å². The van der Waals surface area contributed by atoms with Gasteiger partial charge in [-0.3, -0.25) is 4.79 Å². The van der Waals surface area contributed by atoms with Crippen molar-refractivity contribution in [1.82, 2.24) is 0 Å². The zero-order chi connectivity index (χ0) is 15.4. The Morgan fingerprint density at radius 1 is 0.909 bits per heavy atom. The summed E-state index contributed by atoms with van der Waals surface area (Å²) in [4.78, 5) is 23.9. The average Bonchev–Trinajstić information content (AvgIpc) is 2.53. The minimum absolute atomic E-state index is 0. The number of carbonyl (C=O) groups is 2. The quantitative estimate of drug-likeness (QED) is 0.677. The summed E-state index contributed by atoms with van der Waals surface area (Å²) in [7, 11) is 2.83. The Morgan fingerprint density at radius 3 is 1.86 bits per heavy atom. The molecule has 0 atom stereocenters. The third-order valence-corrected chi connectivity index (χ3v) is 3.03. The van der Waals surface area contributed by atoms with E-state index in [0.29, 0.717) is 11.3 Å². The molecule has 2 aromatic carbocycles. The molecule has 5 nitrogen and oxygen atoms in total. The molecule has 1 N–H and O–H groups in total. The Balaban J connectivity index is 0.00000242. The summed E-state index contributed by atoms with van der Waals surface area (Å²) in [6.07, 6.45) is 0. The Labute approximate surface area is 130 Å². The van der Waals surface area contributed by atoms with E-state index in [1.807, 2.05) is 0 Å². The van der Waals surface area contributed by atoms with E-state index < -0.39 is 5.97 Å². The van der Waals surface area contributed by atoms with E-state index in [4.69, 9.17) is 9.47 Å². The van der Waals surface area contributed by atoms with Crippen LogP contribution in [0.5, 0.6) is 11.5 Å². The van der Waals surface area contributed by atoms with Crippen LogP contribution in [0.15, 0.2) is 42.5 Å². The molecule has 2 aromatic rings. The van der Waals surface area contributed by atoms with E-state index in [-0.39, 0.29) is 31.1 Å². The second-order valence-corrected chi connectivity index (χ2v) is 4.25. The summed E-state index contributed by atoms with van der Waals surface area (Å²) in [5.41, 5.74) is 0.347. The molecule has 3 radical (unpaired) electrons. The highest BCUT2D eigenvalue weighted by Gasteiger charge is 2.21. The fourth-order valence-corrected chi connectivity index (χ4v) is 1.99. The van der Waals surface area contributed by atoms with E-state index in [2.05, 4.69) is 0 Å². The van der Waals surface area contributed by atoms with Gasteiger partial charge in [-0.15, -0.1) is 0 Å². The molecule has 111 valence electrons. The molecule has 6 heteroatoms. The third kappa shape index (κ3) is 3.28. The van der Waals surface area contributed by atoms with Crippen LogP contribution >= 0.6 is 0 Å². The minimum atomic E-state index is -1.20. The van der Waals surface area contributed by atoms with Crippen LogP contribution in [-0.2, 0) is 0 Å². The number of benzene rings is 2. The molecular weight excluding hydrogens is 283 g/mol. The summed E-state index contributed by atoms with van der Waals surface area (Å²) >= 11 is 0. The Hall–Kier alpha value is -2.76. The predicted octanol–water partition coefficient (Wildman–Crippen LogP) is 2.25.